The van der Waals surface area contributed by atoms with Crippen molar-refractivity contribution in [2.24, 2.45) is 0 Å². The van der Waals surface area contributed by atoms with Crippen LogP contribution in [0.3, 0.4) is 0 Å². The number of benzene rings is 1. The van der Waals surface area contributed by atoms with E-state index in [1.807, 2.05) is 11.8 Å². The molecule has 0 radical (unpaired) electrons. The van der Waals surface area contributed by atoms with Gasteiger partial charge in [0.15, 0.2) is 0 Å². The number of hydrogen-bond acceptors (Lipinski definition) is 2. The maximum atomic E-state index is 11.1. The first-order chi connectivity index (χ1) is 6.66. The van der Waals surface area contributed by atoms with E-state index >= 15 is 0 Å². The second-order valence-corrected chi connectivity index (χ2v) is 5.02. The minimum absolute atomic E-state index is 0.296. The van der Waals surface area contributed by atoms with Crippen LogP contribution in [0.2, 0.25) is 0 Å². The molecule has 1 aliphatic rings. The summed E-state index contributed by atoms with van der Waals surface area (Å²) in [5, 5.41) is 0. The smallest absolute Gasteiger partial charge is 0.130 e. The van der Waals surface area contributed by atoms with E-state index in [-0.39, 0.29) is 0 Å². The van der Waals surface area contributed by atoms with Crippen LogP contribution in [0.15, 0.2) is 23.1 Å². The van der Waals surface area contributed by atoms with Crippen LogP contribution >= 0.6 is 11.8 Å². The molecule has 0 fully saturated rings. The van der Waals surface area contributed by atoms with E-state index in [1.54, 1.807) is 6.92 Å². The molecule has 0 aromatic heterocycles. The van der Waals surface area contributed by atoms with Gasteiger partial charge in [-0.05, 0) is 25.5 Å². The normalized spacial score (nSPS) is 19.4. The monoisotopic (exact) mass is 206 g/mol. The van der Waals surface area contributed by atoms with Crippen molar-refractivity contribution in [3.05, 3.63) is 29.3 Å². The van der Waals surface area contributed by atoms with Gasteiger partial charge in [0.1, 0.15) is 5.78 Å². The highest BCUT2D eigenvalue weighted by Gasteiger charge is 2.23. The third-order valence-corrected chi connectivity index (χ3v) is 3.83. The van der Waals surface area contributed by atoms with Gasteiger partial charge in [-0.25, -0.2) is 0 Å². The Morgan fingerprint density at radius 3 is 3.07 bits per heavy atom. The number of thioether (sulfide) groups is 1. The molecule has 1 aromatic rings. The first-order valence-electron chi connectivity index (χ1n) is 4.89. The Balaban J connectivity index is 2.28. The fraction of sp³-hybridized carbons (Fsp3) is 0.417. The van der Waals surface area contributed by atoms with Crippen LogP contribution in [-0.2, 0) is 4.79 Å². The second kappa shape index (κ2) is 3.77. The van der Waals surface area contributed by atoms with Gasteiger partial charge in [0.05, 0.1) is 0 Å². The summed E-state index contributed by atoms with van der Waals surface area (Å²) in [6.45, 7) is 3.78. The van der Waals surface area contributed by atoms with Crippen LogP contribution in [-0.4, -0.2) is 11.5 Å². The molecule has 0 spiro atoms. The minimum atomic E-state index is 0.296. The number of carbonyl (C=O) groups excluding carboxylic acids is 1. The molecule has 14 heavy (non-hydrogen) atoms. The number of aryl methyl sites for hydroxylation is 1. The van der Waals surface area contributed by atoms with Crippen LogP contribution in [0.4, 0.5) is 0 Å². The molecule has 0 saturated carbocycles. The number of hydrogen-bond donors (Lipinski definition) is 0. The Kier molecular flexibility index (Phi) is 2.64. The second-order valence-electron chi connectivity index (χ2n) is 3.96. The number of rotatable bonds is 2. The number of ketones is 1. The summed E-state index contributed by atoms with van der Waals surface area (Å²) >= 11 is 1.87. The fourth-order valence-electron chi connectivity index (χ4n) is 1.91. The Labute approximate surface area is 88.9 Å². The molecule has 0 aliphatic carbocycles. The summed E-state index contributed by atoms with van der Waals surface area (Å²) in [7, 11) is 0. The largest absolute Gasteiger partial charge is 0.300 e. The molecule has 0 amide bonds. The molecule has 2 heteroatoms. The third-order valence-electron chi connectivity index (χ3n) is 2.58. The maximum absolute atomic E-state index is 11.1. The van der Waals surface area contributed by atoms with E-state index in [1.165, 1.54) is 16.0 Å². The lowest BCUT2D eigenvalue weighted by atomic mass is 9.95. The van der Waals surface area contributed by atoms with Crippen molar-refractivity contribution in [3.8, 4) is 0 Å². The van der Waals surface area contributed by atoms with E-state index in [0.717, 1.165) is 5.75 Å². The van der Waals surface area contributed by atoms with Gasteiger partial charge in [-0.1, -0.05) is 17.7 Å². The van der Waals surface area contributed by atoms with Crippen molar-refractivity contribution in [3.63, 3.8) is 0 Å². The van der Waals surface area contributed by atoms with Gasteiger partial charge in [-0.3, -0.25) is 0 Å². The highest BCUT2D eigenvalue weighted by atomic mass is 32.2. The molecule has 74 valence electrons. The molecular weight excluding hydrogens is 192 g/mol. The molecule has 0 N–H and O–H groups in total. The summed E-state index contributed by atoms with van der Waals surface area (Å²) in [4.78, 5) is 12.4. The Morgan fingerprint density at radius 1 is 1.57 bits per heavy atom. The molecule has 1 nitrogen and oxygen atoms in total. The van der Waals surface area contributed by atoms with Crippen molar-refractivity contribution in [2.45, 2.75) is 31.1 Å². The van der Waals surface area contributed by atoms with Crippen molar-refractivity contribution in [1.82, 2.24) is 0 Å². The van der Waals surface area contributed by atoms with Gasteiger partial charge in [0.25, 0.3) is 0 Å². The van der Waals surface area contributed by atoms with E-state index in [0.29, 0.717) is 18.1 Å². The highest BCUT2D eigenvalue weighted by molar-refractivity contribution is 7.99. The van der Waals surface area contributed by atoms with E-state index in [2.05, 4.69) is 25.1 Å². The lowest BCUT2D eigenvalue weighted by Gasteiger charge is -2.08. The van der Waals surface area contributed by atoms with Crippen LogP contribution in [0.1, 0.15) is 30.4 Å². The molecular formula is C12H14OS. The molecule has 2 rings (SSSR count). The average molecular weight is 206 g/mol. The molecule has 1 atom stereocenters. The maximum Gasteiger partial charge on any atom is 0.130 e. The van der Waals surface area contributed by atoms with Crippen LogP contribution < -0.4 is 0 Å². The van der Waals surface area contributed by atoms with Crippen molar-refractivity contribution < 1.29 is 4.79 Å². The summed E-state index contributed by atoms with van der Waals surface area (Å²) in [5.41, 5.74) is 2.67. The summed E-state index contributed by atoms with van der Waals surface area (Å²) in [6.07, 6.45) is 0.698. The number of fused-ring (bicyclic) bond motifs is 1. The Morgan fingerprint density at radius 2 is 2.36 bits per heavy atom. The van der Waals surface area contributed by atoms with E-state index in [9.17, 15) is 4.79 Å². The lowest BCUT2D eigenvalue weighted by Crippen LogP contribution is -2.03. The first kappa shape index (κ1) is 9.78. The SMILES string of the molecule is CC(=O)CC1CSc2ccc(C)cc21. The Bertz CT molecular complexity index is 371. The van der Waals surface area contributed by atoms with Crippen molar-refractivity contribution >= 4 is 17.5 Å². The zero-order chi connectivity index (χ0) is 10.1. The van der Waals surface area contributed by atoms with Gasteiger partial charge >= 0.3 is 0 Å². The van der Waals surface area contributed by atoms with Crippen molar-refractivity contribution in [1.29, 1.82) is 0 Å². The van der Waals surface area contributed by atoms with Gasteiger partial charge < -0.3 is 4.79 Å². The topological polar surface area (TPSA) is 17.1 Å². The molecule has 1 aliphatic heterocycles. The van der Waals surface area contributed by atoms with Crippen LogP contribution in [0.5, 0.6) is 0 Å². The Hall–Kier alpha value is -0.760. The summed E-state index contributed by atoms with van der Waals surface area (Å²) in [6, 6.07) is 6.54. The van der Waals surface area contributed by atoms with Crippen LogP contribution in [0.25, 0.3) is 0 Å². The molecule has 1 aromatic carbocycles. The van der Waals surface area contributed by atoms with Gasteiger partial charge in [0, 0.05) is 23.0 Å². The van der Waals surface area contributed by atoms with Gasteiger partial charge in [-0.15, -0.1) is 11.8 Å². The predicted octanol–water partition coefficient (Wildman–Crippen LogP) is 3.16. The zero-order valence-electron chi connectivity index (χ0n) is 8.54. The first-order valence-corrected chi connectivity index (χ1v) is 5.88. The quantitative estimate of drug-likeness (QED) is 0.739. The molecule has 0 saturated heterocycles. The lowest BCUT2D eigenvalue weighted by molar-refractivity contribution is -0.117. The van der Waals surface area contributed by atoms with Gasteiger partial charge in [0.2, 0.25) is 0 Å². The molecule has 1 heterocycles. The minimum Gasteiger partial charge on any atom is -0.300 e. The van der Waals surface area contributed by atoms with Crippen LogP contribution in [0, 0.1) is 6.92 Å². The van der Waals surface area contributed by atoms with Crippen molar-refractivity contribution in [2.75, 3.05) is 5.75 Å². The number of Topliss-reactive ketones (excluding diaryl/α,β-unsaturated/α-hetero) is 1. The summed E-state index contributed by atoms with van der Waals surface area (Å²) < 4.78 is 0. The average Bonchev–Trinajstić information content (AvgIpc) is 2.47. The summed E-state index contributed by atoms with van der Waals surface area (Å²) in [5.74, 6) is 1.82. The predicted molar refractivity (Wildman–Crippen MR) is 59.9 cm³/mol. The standard InChI is InChI=1S/C12H14OS/c1-8-3-4-12-11(5-8)10(7-14-12)6-9(2)13/h3-5,10H,6-7H2,1-2H3. The fourth-order valence-corrected chi connectivity index (χ4v) is 3.15. The molecule has 1 unspecified atom stereocenters. The van der Waals surface area contributed by atoms with E-state index < -0.39 is 0 Å². The molecule has 0 bridgehead atoms. The third kappa shape index (κ3) is 1.85. The number of carbonyl (C=O) groups is 1. The van der Waals surface area contributed by atoms with E-state index in [4.69, 9.17) is 0 Å². The zero-order valence-corrected chi connectivity index (χ0v) is 9.36. The highest BCUT2D eigenvalue weighted by Crippen LogP contribution is 2.41. The van der Waals surface area contributed by atoms with Gasteiger partial charge in [-0.2, -0.15) is 0 Å².